The summed E-state index contributed by atoms with van der Waals surface area (Å²) in [5.41, 5.74) is -0.369. The summed E-state index contributed by atoms with van der Waals surface area (Å²) < 4.78 is 5.86. The molecule has 0 bridgehead atoms. The molecule has 58 valence electrons. The second kappa shape index (κ2) is 4.02. The molecule has 0 radical (unpaired) electrons. The zero-order valence-electron chi connectivity index (χ0n) is 5.58. The number of halogens is 1. The molecule has 0 aromatic heterocycles. The van der Waals surface area contributed by atoms with Gasteiger partial charge in [0.2, 0.25) is 0 Å². The topological polar surface area (TPSA) is 26.3 Å². The predicted molar refractivity (Wildman–Crippen MR) is 54.9 cm³/mol. The van der Waals surface area contributed by atoms with Crippen LogP contribution < -0.4 is 4.74 Å². The van der Waals surface area contributed by atoms with Gasteiger partial charge in [0.25, 0.3) is 0 Å². The quantitative estimate of drug-likeness (QED) is 0.584. The molecular formula is C7H6IO2P. The second-order valence-corrected chi connectivity index (χ2v) is 3.60. The summed E-state index contributed by atoms with van der Waals surface area (Å²) in [4.78, 5) is 10.5. The Morgan fingerprint density at radius 2 is 2.27 bits per heavy atom. The van der Waals surface area contributed by atoms with E-state index in [0.717, 1.165) is 3.57 Å². The fraction of sp³-hybridized carbons (Fsp3) is 0. The normalized spacial score (nSPS) is 9.27. The molecular weight excluding hydrogens is 274 g/mol. The first-order chi connectivity index (χ1) is 5.18. The van der Waals surface area contributed by atoms with Crippen LogP contribution in [0, 0.1) is 3.57 Å². The number of rotatable bonds is 1. The van der Waals surface area contributed by atoms with E-state index in [-0.39, 0.29) is 5.71 Å². The molecule has 1 aromatic carbocycles. The minimum Gasteiger partial charge on any atom is -0.424 e. The summed E-state index contributed by atoms with van der Waals surface area (Å²) in [7, 11) is 1.96. The average Bonchev–Trinajstić information content (AvgIpc) is 1.85. The van der Waals surface area contributed by atoms with Gasteiger partial charge in [-0.25, -0.2) is 4.79 Å². The Kier molecular flexibility index (Phi) is 3.27. The molecule has 0 spiro atoms. The molecule has 0 saturated heterocycles. The summed E-state index contributed by atoms with van der Waals surface area (Å²) in [5, 5.41) is 0. The molecule has 0 aliphatic carbocycles. The average molecular weight is 280 g/mol. The summed E-state index contributed by atoms with van der Waals surface area (Å²) in [6, 6.07) is 7.30. The van der Waals surface area contributed by atoms with Gasteiger partial charge in [-0.05, 0) is 50.0 Å². The lowest BCUT2D eigenvalue weighted by Crippen LogP contribution is -1.94. The molecule has 2 nitrogen and oxygen atoms in total. The first-order valence-electron chi connectivity index (χ1n) is 2.91. The smallest absolute Gasteiger partial charge is 0.325 e. The van der Waals surface area contributed by atoms with Gasteiger partial charge in [-0.3, -0.25) is 0 Å². The molecule has 0 heterocycles. The molecule has 0 aliphatic heterocycles. The van der Waals surface area contributed by atoms with E-state index in [1.165, 1.54) is 0 Å². The largest absolute Gasteiger partial charge is 0.424 e. The molecule has 4 heteroatoms. The Bertz CT molecular complexity index is 275. The van der Waals surface area contributed by atoms with Gasteiger partial charge in [0, 0.05) is 3.57 Å². The maximum atomic E-state index is 10.5. The van der Waals surface area contributed by atoms with Gasteiger partial charge in [0.15, 0.2) is 0 Å². The van der Waals surface area contributed by atoms with Crippen molar-refractivity contribution in [3.63, 3.8) is 0 Å². The van der Waals surface area contributed by atoms with Crippen LogP contribution in [0.4, 0.5) is 4.79 Å². The monoisotopic (exact) mass is 280 g/mol. The van der Waals surface area contributed by atoms with Crippen LogP contribution in [0.3, 0.4) is 0 Å². The fourth-order valence-corrected chi connectivity index (χ4v) is 1.30. The van der Waals surface area contributed by atoms with Crippen molar-refractivity contribution < 1.29 is 9.53 Å². The molecule has 1 aromatic rings. The van der Waals surface area contributed by atoms with Crippen LogP contribution in [0.2, 0.25) is 0 Å². The van der Waals surface area contributed by atoms with Gasteiger partial charge in [-0.1, -0.05) is 6.07 Å². The number of hydrogen-bond donors (Lipinski definition) is 0. The predicted octanol–water partition coefficient (Wildman–Crippen LogP) is 2.67. The zero-order chi connectivity index (χ0) is 8.27. The van der Waals surface area contributed by atoms with Crippen LogP contribution in [0.15, 0.2) is 24.3 Å². The van der Waals surface area contributed by atoms with Gasteiger partial charge in [-0.15, -0.1) is 0 Å². The molecule has 1 rings (SSSR count). The van der Waals surface area contributed by atoms with Crippen molar-refractivity contribution in [2.75, 3.05) is 0 Å². The summed E-state index contributed by atoms with van der Waals surface area (Å²) in [5.74, 6) is 0.580. The number of carbonyl (C=O) groups excluding carboxylic acids is 1. The molecule has 0 N–H and O–H groups in total. The van der Waals surface area contributed by atoms with E-state index in [9.17, 15) is 4.79 Å². The Morgan fingerprint density at radius 1 is 1.55 bits per heavy atom. The van der Waals surface area contributed by atoms with Crippen LogP contribution in [0.1, 0.15) is 0 Å². The van der Waals surface area contributed by atoms with Gasteiger partial charge < -0.3 is 4.74 Å². The highest BCUT2D eigenvalue weighted by atomic mass is 127. The lowest BCUT2D eigenvalue weighted by molar-refractivity contribution is 0.227. The van der Waals surface area contributed by atoms with Crippen molar-refractivity contribution in [1.29, 1.82) is 0 Å². The first-order valence-corrected chi connectivity index (χ1v) is 4.57. The van der Waals surface area contributed by atoms with Gasteiger partial charge in [-0.2, -0.15) is 0 Å². The second-order valence-electron chi connectivity index (χ2n) is 1.88. The van der Waals surface area contributed by atoms with Crippen molar-refractivity contribution in [1.82, 2.24) is 0 Å². The van der Waals surface area contributed by atoms with Crippen molar-refractivity contribution in [3.05, 3.63) is 27.8 Å². The highest BCUT2D eigenvalue weighted by Crippen LogP contribution is 2.15. The van der Waals surface area contributed by atoms with E-state index >= 15 is 0 Å². The standard InChI is InChI=1S/C7H6IO2P/c8-5-2-1-3-6(4-5)10-7(9)11/h1-4H,11H2. The van der Waals surface area contributed by atoms with Crippen molar-refractivity contribution in [3.8, 4) is 5.75 Å². The van der Waals surface area contributed by atoms with Crippen molar-refractivity contribution in [2.24, 2.45) is 0 Å². The lowest BCUT2D eigenvalue weighted by Gasteiger charge is -1.99. The van der Waals surface area contributed by atoms with E-state index in [2.05, 4.69) is 22.6 Å². The van der Waals surface area contributed by atoms with Gasteiger partial charge in [0.05, 0.1) is 0 Å². The third-order valence-corrected chi connectivity index (χ3v) is 1.80. The van der Waals surface area contributed by atoms with E-state index in [0.29, 0.717) is 5.75 Å². The van der Waals surface area contributed by atoms with Gasteiger partial charge in [0.1, 0.15) is 5.75 Å². The molecule has 1 atom stereocenters. The summed E-state index contributed by atoms with van der Waals surface area (Å²) >= 11 is 2.15. The minimum atomic E-state index is -0.369. The van der Waals surface area contributed by atoms with E-state index in [1.54, 1.807) is 12.1 Å². The Morgan fingerprint density at radius 3 is 2.82 bits per heavy atom. The summed E-state index contributed by atoms with van der Waals surface area (Å²) in [6.07, 6.45) is 0. The third-order valence-electron chi connectivity index (χ3n) is 1.01. The lowest BCUT2D eigenvalue weighted by atomic mass is 10.3. The van der Waals surface area contributed by atoms with Crippen molar-refractivity contribution in [2.45, 2.75) is 0 Å². The SMILES string of the molecule is O=C(P)Oc1cccc(I)c1. The van der Waals surface area contributed by atoms with E-state index in [4.69, 9.17) is 4.74 Å². The van der Waals surface area contributed by atoms with Gasteiger partial charge >= 0.3 is 5.71 Å². The minimum absolute atomic E-state index is 0.369. The van der Waals surface area contributed by atoms with E-state index in [1.807, 2.05) is 21.4 Å². The Labute approximate surface area is 80.7 Å². The molecule has 0 saturated carbocycles. The fourth-order valence-electron chi connectivity index (χ4n) is 0.647. The highest BCUT2D eigenvalue weighted by Gasteiger charge is 1.96. The van der Waals surface area contributed by atoms with Crippen LogP contribution in [-0.2, 0) is 0 Å². The molecule has 1 unspecified atom stereocenters. The van der Waals surface area contributed by atoms with Crippen LogP contribution >= 0.6 is 31.8 Å². The number of ether oxygens (including phenoxy) is 1. The molecule has 11 heavy (non-hydrogen) atoms. The first kappa shape index (κ1) is 8.94. The Balaban J connectivity index is 2.79. The maximum absolute atomic E-state index is 10.5. The zero-order valence-corrected chi connectivity index (χ0v) is 8.89. The van der Waals surface area contributed by atoms with Crippen LogP contribution in [-0.4, -0.2) is 5.71 Å². The van der Waals surface area contributed by atoms with E-state index < -0.39 is 0 Å². The number of benzene rings is 1. The summed E-state index contributed by atoms with van der Waals surface area (Å²) in [6.45, 7) is 0. The maximum Gasteiger partial charge on any atom is 0.325 e. The van der Waals surface area contributed by atoms with Crippen LogP contribution in [0.5, 0.6) is 5.75 Å². The van der Waals surface area contributed by atoms with Crippen molar-refractivity contribution >= 4 is 37.5 Å². The van der Waals surface area contributed by atoms with Crippen LogP contribution in [0.25, 0.3) is 0 Å². The number of hydrogen-bond acceptors (Lipinski definition) is 2. The Hall–Kier alpha value is -0.150. The molecule has 0 aliphatic rings. The molecule has 0 fully saturated rings. The third kappa shape index (κ3) is 3.16. The highest BCUT2D eigenvalue weighted by molar-refractivity contribution is 14.1. The molecule has 0 amide bonds. The number of carbonyl (C=O) groups is 1.